The number of methoxy groups -OCH3 is 1. The first-order chi connectivity index (χ1) is 9.93. The van der Waals surface area contributed by atoms with Crippen LogP contribution >= 0.6 is 0 Å². The number of nitrogens with zero attached hydrogens (tertiary/aromatic N) is 2. The zero-order chi connectivity index (χ0) is 15.6. The van der Waals surface area contributed by atoms with Crippen LogP contribution in [0.1, 0.15) is 6.42 Å². The molecule has 1 unspecified atom stereocenters. The number of carbonyl (C=O) groups is 2. The van der Waals surface area contributed by atoms with Crippen molar-refractivity contribution in [3.8, 4) is 5.75 Å². The number of anilines is 1. The van der Waals surface area contributed by atoms with Gasteiger partial charge in [-0.25, -0.2) is 9.59 Å². The molecular formula is C14H18N2O5. The Morgan fingerprint density at radius 3 is 2.76 bits per heavy atom. The first kappa shape index (κ1) is 15.1. The molecule has 1 aromatic rings. The van der Waals surface area contributed by atoms with Gasteiger partial charge in [-0.05, 0) is 12.1 Å². The number of likely N-dealkylation sites (tertiary alicyclic amines) is 1. The van der Waals surface area contributed by atoms with Crippen LogP contribution in [0.3, 0.4) is 0 Å². The monoisotopic (exact) mass is 294 g/mol. The molecule has 1 saturated heterocycles. The normalized spacial score (nSPS) is 21.2. The van der Waals surface area contributed by atoms with Crippen LogP contribution in [0.15, 0.2) is 24.3 Å². The quantitative estimate of drug-likeness (QED) is 0.859. The van der Waals surface area contributed by atoms with Gasteiger partial charge in [0.15, 0.2) is 0 Å². The van der Waals surface area contributed by atoms with Gasteiger partial charge < -0.3 is 19.8 Å². The lowest BCUT2D eigenvalue weighted by molar-refractivity contribution is -0.141. The van der Waals surface area contributed by atoms with E-state index < -0.39 is 24.1 Å². The topological polar surface area (TPSA) is 90.3 Å². The Kier molecular flexibility index (Phi) is 4.32. The van der Waals surface area contributed by atoms with Gasteiger partial charge in [0, 0.05) is 31.8 Å². The van der Waals surface area contributed by atoms with Crippen LogP contribution in [0.5, 0.6) is 5.75 Å². The number of carboxylic acids is 1. The molecule has 2 N–H and O–H groups in total. The first-order valence-corrected chi connectivity index (χ1v) is 6.53. The minimum atomic E-state index is -1.11. The standard InChI is InChI=1S/C14H18N2O5/c1-15(9-4-3-5-11(6-9)21-2)14(20)16-8-10(17)7-12(16)13(18)19/h3-6,10,12,17H,7-8H2,1-2H3,(H,18,19)/t10?,12-/m0/s1. The number of urea groups is 1. The molecule has 2 amide bonds. The Morgan fingerprint density at radius 1 is 1.43 bits per heavy atom. The Balaban J connectivity index is 2.20. The van der Waals surface area contributed by atoms with Crippen molar-refractivity contribution in [1.82, 2.24) is 4.90 Å². The number of rotatable bonds is 3. The molecule has 0 spiro atoms. The third-order valence-electron chi connectivity index (χ3n) is 3.54. The largest absolute Gasteiger partial charge is 0.497 e. The van der Waals surface area contributed by atoms with E-state index in [1.54, 1.807) is 31.3 Å². The van der Waals surface area contributed by atoms with Gasteiger partial charge >= 0.3 is 12.0 Å². The van der Waals surface area contributed by atoms with Gasteiger partial charge in [-0.2, -0.15) is 0 Å². The highest BCUT2D eigenvalue weighted by Gasteiger charge is 2.40. The summed E-state index contributed by atoms with van der Waals surface area (Å²) < 4.78 is 5.10. The fourth-order valence-corrected chi connectivity index (χ4v) is 2.38. The number of aliphatic hydroxyl groups excluding tert-OH is 1. The average molecular weight is 294 g/mol. The predicted octanol–water partition coefficient (Wildman–Crippen LogP) is 0.771. The van der Waals surface area contributed by atoms with E-state index in [0.29, 0.717) is 11.4 Å². The molecule has 1 fully saturated rings. The van der Waals surface area contributed by atoms with Crippen LogP contribution in [-0.4, -0.2) is 60.0 Å². The van der Waals surface area contributed by atoms with Gasteiger partial charge in [-0.15, -0.1) is 0 Å². The van der Waals surface area contributed by atoms with Gasteiger partial charge in [0.2, 0.25) is 0 Å². The SMILES string of the molecule is COc1cccc(N(C)C(=O)N2CC(O)C[C@H]2C(=O)O)c1. The number of carboxylic acid groups (broad SMARTS) is 1. The lowest BCUT2D eigenvalue weighted by Gasteiger charge is -2.27. The molecule has 1 aromatic carbocycles. The Labute approximate surface area is 122 Å². The summed E-state index contributed by atoms with van der Waals surface area (Å²) in [5.74, 6) is -0.512. The maximum absolute atomic E-state index is 12.4. The van der Waals surface area contributed by atoms with Crippen LogP contribution in [0.25, 0.3) is 0 Å². The molecule has 114 valence electrons. The second-order valence-corrected chi connectivity index (χ2v) is 4.94. The third-order valence-corrected chi connectivity index (χ3v) is 3.54. The summed E-state index contributed by atoms with van der Waals surface area (Å²) in [6, 6.07) is 5.43. The van der Waals surface area contributed by atoms with Crippen molar-refractivity contribution in [3.63, 3.8) is 0 Å². The molecule has 7 heteroatoms. The van der Waals surface area contributed by atoms with Gasteiger partial charge in [-0.1, -0.05) is 6.07 Å². The van der Waals surface area contributed by atoms with Gasteiger partial charge in [0.1, 0.15) is 11.8 Å². The van der Waals surface area contributed by atoms with Crippen molar-refractivity contribution >= 4 is 17.7 Å². The van der Waals surface area contributed by atoms with E-state index in [-0.39, 0.29) is 13.0 Å². The number of amides is 2. The molecule has 0 bridgehead atoms. The fraction of sp³-hybridized carbons (Fsp3) is 0.429. The second kappa shape index (κ2) is 6.01. The highest BCUT2D eigenvalue weighted by atomic mass is 16.5. The van der Waals surface area contributed by atoms with Crippen molar-refractivity contribution in [2.75, 3.05) is 25.6 Å². The highest BCUT2D eigenvalue weighted by molar-refractivity contribution is 5.94. The number of aliphatic hydroxyl groups is 1. The van der Waals surface area contributed by atoms with Crippen LogP contribution < -0.4 is 9.64 Å². The number of aliphatic carboxylic acids is 1. The summed E-state index contributed by atoms with van der Waals surface area (Å²) in [6.07, 6.45) is -0.763. The maximum atomic E-state index is 12.4. The Hall–Kier alpha value is -2.28. The smallest absolute Gasteiger partial charge is 0.326 e. The zero-order valence-corrected chi connectivity index (χ0v) is 11.9. The van der Waals surface area contributed by atoms with E-state index in [0.717, 1.165) is 0 Å². The average Bonchev–Trinajstić information content (AvgIpc) is 2.88. The van der Waals surface area contributed by atoms with Crippen LogP contribution in [0.4, 0.5) is 10.5 Å². The van der Waals surface area contributed by atoms with E-state index in [4.69, 9.17) is 9.84 Å². The van der Waals surface area contributed by atoms with Gasteiger partial charge in [0.25, 0.3) is 0 Å². The third kappa shape index (κ3) is 3.08. The van der Waals surface area contributed by atoms with Crippen molar-refractivity contribution in [2.45, 2.75) is 18.6 Å². The van der Waals surface area contributed by atoms with Crippen LogP contribution in [0, 0.1) is 0 Å². The van der Waals surface area contributed by atoms with E-state index in [9.17, 15) is 14.7 Å². The van der Waals surface area contributed by atoms with E-state index >= 15 is 0 Å². The Bertz CT molecular complexity index is 548. The minimum Gasteiger partial charge on any atom is -0.497 e. The molecule has 0 saturated carbocycles. The second-order valence-electron chi connectivity index (χ2n) is 4.94. The van der Waals surface area contributed by atoms with Crippen molar-refractivity contribution in [3.05, 3.63) is 24.3 Å². The predicted molar refractivity (Wildman–Crippen MR) is 75.5 cm³/mol. The molecule has 0 radical (unpaired) electrons. The van der Waals surface area contributed by atoms with Crippen molar-refractivity contribution < 1.29 is 24.5 Å². The number of ether oxygens (including phenoxy) is 1. The van der Waals surface area contributed by atoms with Crippen molar-refractivity contribution in [1.29, 1.82) is 0 Å². The summed E-state index contributed by atoms with van der Waals surface area (Å²) >= 11 is 0. The molecule has 21 heavy (non-hydrogen) atoms. The fourth-order valence-electron chi connectivity index (χ4n) is 2.38. The molecule has 0 aliphatic carbocycles. The summed E-state index contributed by atoms with van der Waals surface area (Å²) in [7, 11) is 3.08. The van der Waals surface area contributed by atoms with Gasteiger partial charge in [0.05, 0.1) is 13.2 Å². The summed E-state index contributed by atoms with van der Waals surface area (Å²) in [6.45, 7) is 0.0180. The molecular weight excluding hydrogens is 276 g/mol. The van der Waals surface area contributed by atoms with Crippen molar-refractivity contribution in [2.24, 2.45) is 0 Å². The number of β-amino-alcohol motifs (C(OH)–C–C–N with tert-alkyl or cyclic N) is 1. The lowest BCUT2D eigenvalue weighted by Crippen LogP contribution is -2.47. The highest BCUT2D eigenvalue weighted by Crippen LogP contribution is 2.24. The molecule has 1 aliphatic heterocycles. The number of hydrogen-bond donors (Lipinski definition) is 2. The van der Waals surface area contributed by atoms with Crippen LogP contribution in [0.2, 0.25) is 0 Å². The molecule has 1 heterocycles. The molecule has 1 aliphatic rings. The molecule has 0 aromatic heterocycles. The summed E-state index contributed by atoms with van der Waals surface area (Å²) in [5.41, 5.74) is 0.588. The Morgan fingerprint density at radius 2 is 2.14 bits per heavy atom. The number of carbonyl (C=O) groups excluding carboxylic acids is 1. The van der Waals surface area contributed by atoms with E-state index in [2.05, 4.69) is 0 Å². The van der Waals surface area contributed by atoms with Gasteiger partial charge in [-0.3, -0.25) is 4.90 Å². The van der Waals surface area contributed by atoms with Crippen LogP contribution in [-0.2, 0) is 4.79 Å². The lowest BCUT2D eigenvalue weighted by atomic mass is 10.2. The molecule has 7 nitrogen and oxygen atoms in total. The zero-order valence-electron chi connectivity index (χ0n) is 11.9. The van der Waals surface area contributed by atoms with E-state index in [1.807, 2.05) is 0 Å². The maximum Gasteiger partial charge on any atom is 0.326 e. The van der Waals surface area contributed by atoms with E-state index in [1.165, 1.54) is 16.9 Å². The molecule has 2 atom stereocenters. The first-order valence-electron chi connectivity index (χ1n) is 6.53. The minimum absolute atomic E-state index is 0.0180. The summed E-state index contributed by atoms with van der Waals surface area (Å²) in [5, 5.41) is 18.7. The molecule has 2 rings (SSSR count). The number of hydrogen-bond acceptors (Lipinski definition) is 4. The summed E-state index contributed by atoms with van der Waals surface area (Å²) in [4.78, 5) is 26.1. The number of benzene rings is 1.